The molecule has 1 unspecified atom stereocenters. The fourth-order valence-corrected chi connectivity index (χ4v) is 3.06. The van der Waals surface area contributed by atoms with E-state index in [0.29, 0.717) is 12.5 Å². The Morgan fingerprint density at radius 2 is 1.86 bits per heavy atom. The summed E-state index contributed by atoms with van der Waals surface area (Å²) in [6, 6.07) is 16.6. The highest BCUT2D eigenvalue weighted by atomic mass is 127. The molecule has 0 aliphatic rings. The summed E-state index contributed by atoms with van der Waals surface area (Å²) in [5.74, 6) is 2.01. The molecule has 154 valence electrons. The van der Waals surface area contributed by atoms with E-state index in [9.17, 15) is 0 Å². The van der Waals surface area contributed by atoms with Crippen molar-refractivity contribution < 1.29 is 0 Å². The summed E-state index contributed by atoms with van der Waals surface area (Å²) in [5.41, 5.74) is 4.47. The second-order valence-corrected chi connectivity index (χ2v) is 6.98. The van der Waals surface area contributed by atoms with E-state index in [1.807, 2.05) is 42.9 Å². The van der Waals surface area contributed by atoms with Gasteiger partial charge in [0, 0.05) is 32.0 Å². The van der Waals surface area contributed by atoms with Crippen LogP contribution in [0.5, 0.6) is 0 Å². The number of aryl methyl sites for hydroxylation is 2. The van der Waals surface area contributed by atoms with Crippen molar-refractivity contribution in [3.63, 3.8) is 0 Å². The number of halogens is 1. The van der Waals surface area contributed by atoms with Crippen LogP contribution in [0.3, 0.4) is 0 Å². The molecule has 0 aliphatic carbocycles. The first-order valence-electron chi connectivity index (χ1n) is 9.55. The molecular formula is C22H29IN6. The molecule has 0 radical (unpaired) electrons. The minimum atomic E-state index is 0. The molecule has 2 aromatic heterocycles. The average Bonchev–Trinajstić information content (AvgIpc) is 3.07. The summed E-state index contributed by atoms with van der Waals surface area (Å²) in [4.78, 5) is 8.85. The molecule has 0 bridgehead atoms. The van der Waals surface area contributed by atoms with Crippen molar-refractivity contribution in [3.8, 4) is 5.82 Å². The molecule has 1 atom stereocenters. The van der Waals surface area contributed by atoms with Crippen molar-refractivity contribution in [2.75, 3.05) is 13.6 Å². The number of hydrogen-bond donors (Lipinski definition) is 2. The molecule has 2 heterocycles. The summed E-state index contributed by atoms with van der Waals surface area (Å²) in [5, 5.41) is 11.2. The van der Waals surface area contributed by atoms with Gasteiger partial charge in [-0.25, -0.2) is 9.67 Å². The molecule has 0 amide bonds. The van der Waals surface area contributed by atoms with Gasteiger partial charge in [0.25, 0.3) is 0 Å². The molecule has 0 saturated carbocycles. The lowest BCUT2D eigenvalue weighted by Crippen LogP contribution is -2.38. The van der Waals surface area contributed by atoms with E-state index in [2.05, 4.69) is 63.0 Å². The zero-order valence-corrected chi connectivity index (χ0v) is 19.7. The lowest BCUT2D eigenvalue weighted by Gasteiger charge is -2.16. The first kappa shape index (κ1) is 22.9. The second-order valence-electron chi connectivity index (χ2n) is 6.98. The topological polar surface area (TPSA) is 67.1 Å². The van der Waals surface area contributed by atoms with Gasteiger partial charge in [-0.3, -0.25) is 4.99 Å². The first-order chi connectivity index (χ1) is 13.6. The van der Waals surface area contributed by atoms with Crippen molar-refractivity contribution in [1.82, 2.24) is 25.4 Å². The Hall–Kier alpha value is -2.42. The SMILES string of the molecule is CN=C(NCc1ccc(-n2nc(C)cc2C)nc1)NCC(C)c1ccccc1.I. The molecule has 1 aromatic carbocycles. The maximum atomic E-state index is 4.54. The van der Waals surface area contributed by atoms with E-state index in [1.165, 1.54) is 5.56 Å². The van der Waals surface area contributed by atoms with Crippen LogP contribution in [0, 0.1) is 13.8 Å². The Labute approximate surface area is 189 Å². The first-order valence-corrected chi connectivity index (χ1v) is 9.55. The van der Waals surface area contributed by atoms with Crippen LogP contribution >= 0.6 is 24.0 Å². The van der Waals surface area contributed by atoms with Crippen LogP contribution < -0.4 is 10.6 Å². The van der Waals surface area contributed by atoms with Gasteiger partial charge in [-0.2, -0.15) is 5.10 Å². The average molecular weight is 504 g/mol. The normalized spacial score (nSPS) is 12.2. The Morgan fingerprint density at radius 1 is 1.10 bits per heavy atom. The third-order valence-corrected chi connectivity index (χ3v) is 4.66. The molecular weight excluding hydrogens is 475 g/mol. The van der Waals surface area contributed by atoms with Gasteiger partial charge in [-0.1, -0.05) is 43.3 Å². The van der Waals surface area contributed by atoms with Crippen molar-refractivity contribution in [3.05, 3.63) is 77.2 Å². The summed E-state index contributed by atoms with van der Waals surface area (Å²) in [6.07, 6.45) is 1.87. The molecule has 0 fully saturated rings. The molecule has 6 nitrogen and oxygen atoms in total. The van der Waals surface area contributed by atoms with Crippen LogP contribution in [0.1, 0.15) is 35.4 Å². The molecule has 7 heteroatoms. The number of rotatable bonds is 6. The highest BCUT2D eigenvalue weighted by Gasteiger charge is 2.07. The monoisotopic (exact) mass is 504 g/mol. The van der Waals surface area contributed by atoms with Crippen LogP contribution in [0.2, 0.25) is 0 Å². The zero-order valence-electron chi connectivity index (χ0n) is 17.4. The quantitative estimate of drug-likeness (QED) is 0.303. The maximum absolute atomic E-state index is 4.54. The molecule has 0 aliphatic heterocycles. The van der Waals surface area contributed by atoms with Crippen LogP contribution in [0.15, 0.2) is 59.7 Å². The second kappa shape index (κ2) is 10.9. The predicted molar refractivity (Wildman–Crippen MR) is 129 cm³/mol. The molecule has 3 aromatic rings. The van der Waals surface area contributed by atoms with Crippen LogP contribution in [-0.4, -0.2) is 34.3 Å². The summed E-state index contributed by atoms with van der Waals surface area (Å²) >= 11 is 0. The number of aromatic nitrogens is 3. The molecule has 3 rings (SSSR count). The minimum absolute atomic E-state index is 0. The largest absolute Gasteiger partial charge is 0.356 e. The van der Waals surface area contributed by atoms with Crippen LogP contribution in [0.25, 0.3) is 5.82 Å². The van der Waals surface area contributed by atoms with E-state index < -0.39 is 0 Å². The van der Waals surface area contributed by atoms with Crippen molar-refractivity contribution in [2.24, 2.45) is 4.99 Å². The fourth-order valence-electron chi connectivity index (χ4n) is 3.06. The van der Waals surface area contributed by atoms with Gasteiger partial charge in [0.15, 0.2) is 11.8 Å². The predicted octanol–water partition coefficient (Wildman–Crippen LogP) is 3.97. The van der Waals surface area contributed by atoms with Gasteiger partial charge in [-0.15, -0.1) is 24.0 Å². The van der Waals surface area contributed by atoms with Crippen LogP contribution in [-0.2, 0) is 6.54 Å². The smallest absolute Gasteiger partial charge is 0.191 e. The third-order valence-electron chi connectivity index (χ3n) is 4.66. The number of guanidine groups is 1. The number of aliphatic imine (C=N–C) groups is 1. The van der Waals surface area contributed by atoms with Crippen molar-refractivity contribution >= 4 is 29.9 Å². The van der Waals surface area contributed by atoms with E-state index in [1.54, 1.807) is 7.05 Å². The minimum Gasteiger partial charge on any atom is -0.356 e. The number of nitrogens with zero attached hydrogens (tertiary/aromatic N) is 4. The lowest BCUT2D eigenvalue weighted by molar-refractivity contribution is 0.698. The number of nitrogens with one attached hydrogen (secondary N) is 2. The summed E-state index contributed by atoms with van der Waals surface area (Å²) in [6.45, 7) is 7.70. The van der Waals surface area contributed by atoms with E-state index in [0.717, 1.165) is 35.3 Å². The van der Waals surface area contributed by atoms with Gasteiger partial charge in [0.1, 0.15) is 0 Å². The number of benzene rings is 1. The highest BCUT2D eigenvalue weighted by Crippen LogP contribution is 2.13. The van der Waals surface area contributed by atoms with Crippen LogP contribution in [0.4, 0.5) is 0 Å². The Kier molecular flexibility index (Phi) is 8.63. The van der Waals surface area contributed by atoms with Crippen molar-refractivity contribution in [1.29, 1.82) is 0 Å². The standard InChI is InChI=1S/C22H28N6.HI/c1-16(20-8-6-5-7-9-20)13-25-22(23-4)26-15-19-10-11-21(24-14-19)28-18(3)12-17(2)27-28;/h5-12,14,16H,13,15H2,1-4H3,(H2,23,25,26);1H. The van der Waals surface area contributed by atoms with Gasteiger partial charge < -0.3 is 10.6 Å². The lowest BCUT2D eigenvalue weighted by atomic mass is 10.0. The van der Waals surface area contributed by atoms with E-state index in [-0.39, 0.29) is 24.0 Å². The molecule has 0 spiro atoms. The fraction of sp³-hybridized carbons (Fsp3) is 0.318. The van der Waals surface area contributed by atoms with Gasteiger partial charge >= 0.3 is 0 Å². The molecule has 0 saturated heterocycles. The van der Waals surface area contributed by atoms with E-state index in [4.69, 9.17) is 0 Å². The zero-order chi connectivity index (χ0) is 19.9. The Bertz CT molecular complexity index is 918. The highest BCUT2D eigenvalue weighted by molar-refractivity contribution is 14.0. The van der Waals surface area contributed by atoms with Gasteiger partial charge in [-0.05, 0) is 43.0 Å². The van der Waals surface area contributed by atoms with Gasteiger partial charge in [0.05, 0.1) is 5.69 Å². The summed E-state index contributed by atoms with van der Waals surface area (Å²) in [7, 11) is 1.78. The van der Waals surface area contributed by atoms with E-state index >= 15 is 0 Å². The number of hydrogen-bond acceptors (Lipinski definition) is 3. The number of pyridine rings is 1. The Morgan fingerprint density at radius 3 is 2.45 bits per heavy atom. The molecule has 2 N–H and O–H groups in total. The summed E-state index contributed by atoms with van der Waals surface area (Å²) < 4.78 is 1.86. The third kappa shape index (κ3) is 6.28. The van der Waals surface area contributed by atoms with Gasteiger partial charge in [0.2, 0.25) is 0 Å². The maximum Gasteiger partial charge on any atom is 0.191 e. The van der Waals surface area contributed by atoms with Crippen molar-refractivity contribution in [2.45, 2.75) is 33.2 Å². The Balaban J connectivity index is 0.00000300. The molecule has 29 heavy (non-hydrogen) atoms.